The third kappa shape index (κ3) is 6.50. The first kappa shape index (κ1) is 28.1. The molecule has 0 radical (unpaired) electrons. The Hall–Kier alpha value is -2.13. The number of hydrogen-bond acceptors (Lipinski definition) is 6. The van der Waals surface area contributed by atoms with Crippen LogP contribution in [0.25, 0.3) is 5.76 Å². The number of nitrogens with two attached hydrogens (primary N) is 1. The molecule has 3 N–H and O–H groups in total. The van der Waals surface area contributed by atoms with Gasteiger partial charge >= 0.3 is 6.09 Å². The zero-order chi connectivity index (χ0) is 24.6. The van der Waals surface area contributed by atoms with Crippen molar-refractivity contribution in [2.75, 3.05) is 13.1 Å². The van der Waals surface area contributed by atoms with E-state index in [4.69, 9.17) is 20.1 Å². The molecular weight excluding hydrogens is 466 g/mol. The summed E-state index contributed by atoms with van der Waals surface area (Å²) in [6.07, 6.45) is 3.63. The molecule has 0 aromatic heterocycles. The average molecular weight is 508 g/mol. The first-order chi connectivity index (χ1) is 15.2. The van der Waals surface area contributed by atoms with Gasteiger partial charge in [-0.1, -0.05) is 39.4 Å². The van der Waals surface area contributed by atoms with Gasteiger partial charge < -0.3 is 25.0 Å². The maximum atomic E-state index is 12.6. The van der Waals surface area contributed by atoms with Crippen LogP contribution in [-0.2, 0) is 9.16 Å². The summed E-state index contributed by atoms with van der Waals surface area (Å²) in [4.78, 5) is 15.5. The number of carbonyl (C=O) groups excluding carboxylic acids is 1. The molecule has 2 aliphatic rings. The lowest BCUT2D eigenvalue weighted by atomic mass is 9.93. The van der Waals surface area contributed by atoms with Gasteiger partial charge in [0.05, 0.1) is 0 Å². The van der Waals surface area contributed by atoms with E-state index in [1.807, 2.05) is 50.7 Å². The quantitative estimate of drug-likeness (QED) is 0.176. The van der Waals surface area contributed by atoms with Gasteiger partial charge in [-0.2, -0.15) is 0 Å². The molecule has 1 spiro atoms. The molecule has 7 nitrogen and oxygen atoms in total. The number of piperidine rings is 1. The number of likely N-dealkylation sites (tertiary alicyclic amines) is 1. The van der Waals surface area contributed by atoms with Crippen molar-refractivity contribution >= 4 is 38.5 Å². The Balaban J connectivity index is 0.00000408. The van der Waals surface area contributed by atoms with Gasteiger partial charge in [0.15, 0.2) is 5.84 Å². The standard InChI is InChI=1S/C24H37N3O4SSi.CH4/c1-22(2,3)30-21(28)27-12-10-24(11-13-27)15-18(31-33(7)23(4,5)6)17-14-16(20(25)26-29)8-9-19(17)32-24;/h8-9,14-15,29,33H,10-13H2,1-7H3,(H2,25,26);1H4. The molecule has 1 fully saturated rings. The van der Waals surface area contributed by atoms with Crippen molar-refractivity contribution in [3.63, 3.8) is 0 Å². The van der Waals surface area contributed by atoms with E-state index in [9.17, 15) is 4.79 Å². The molecule has 3 rings (SSSR count). The van der Waals surface area contributed by atoms with Crippen LogP contribution in [0.15, 0.2) is 34.3 Å². The maximum absolute atomic E-state index is 12.6. The van der Waals surface area contributed by atoms with Gasteiger partial charge in [0.1, 0.15) is 11.4 Å². The molecule has 0 saturated carbocycles. The van der Waals surface area contributed by atoms with Crippen molar-refractivity contribution in [3.8, 4) is 0 Å². The number of rotatable bonds is 3. The van der Waals surface area contributed by atoms with Crippen molar-refractivity contribution < 1.29 is 19.2 Å². The monoisotopic (exact) mass is 507 g/mol. The van der Waals surface area contributed by atoms with Crippen molar-refractivity contribution in [2.24, 2.45) is 10.9 Å². The molecule has 0 bridgehead atoms. The van der Waals surface area contributed by atoms with E-state index >= 15 is 0 Å². The molecule has 1 amide bonds. The number of hydrogen-bond donors (Lipinski definition) is 2. The molecule has 2 aliphatic heterocycles. The molecule has 0 aliphatic carbocycles. The molecule has 1 aromatic carbocycles. The van der Waals surface area contributed by atoms with Crippen LogP contribution in [0.5, 0.6) is 0 Å². The van der Waals surface area contributed by atoms with Crippen LogP contribution in [0.1, 0.15) is 72.9 Å². The van der Waals surface area contributed by atoms with Crippen LogP contribution >= 0.6 is 11.8 Å². The summed E-state index contributed by atoms with van der Waals surface area (Å²) in [5.74, 6) is 0.949. The highest BCUT2D eigenvalue weighted by atomic mass is 32.2. The van der Waals surface area contributed by atoms with E-state index in [1.54, 1.807) is 4.90 Å². The molecular formula is C25H41N3O4SSi. The van der Waals surface area contributed by atoms with E-state index in [-0.39, 0.29) is 29.1 Å². The Bertz CT molecular complexity index is 958. The molecule has 190 valence electrons. The fraction of sp³-hybridized carbons (Fsp3) is 0.600. The van der Waals surface area contributed by atoms with Crippen LogP contribution in [-0.4, -0.2) is 54.5 Å². The molecule has 34 heavy (non-hydrogen) atoms. The van der Waals surface area contributed by atoms with Crippen LogP contribution in [0.3, 0.4) is 0 Å². The summed E-state index contributed by atoms with van der Waals surface area (Å²) < 4.78 is 12.1. The zero-order valence-electron chi connectivity index (χ0n) is 20.8. The Morgan fingerprint density at radius 2 is 1.82 bits per heavy atom. The van der Waals surface area contributed by atoms with Crippen molar-refractivity contribution in [3.05, 3.63) is 35.4 Å². The Kier molecular flexibility index (Phi) is 8.46. The van der Waals surface area contributed by atoms with Gasteiger partial charge in [0, 0.05) is 33.9 Å². The predicted molar refractivity (Wildman–Crippen MR) is 143 cm³/mol. The van der Waals surface area contributed by atoms with Crippen molar-refractivity contribution in [1.29, 1.82) is 0 Å². The van der Waals surface area contributed by atoms with E-state index in [0.29, 0.717) is 18.7 Å². The van der Waals surface area contributed by atoms with Gasteiger partial charge in [-0.25, -0.2) is 4.79 Å². The SMILES string of the molecule is C.C[SiH](OC1=CC2(CCN(C(=O)OC(C)(C)C)CC2)Sc2ccc(/C(N)=N/O)cc21)C(C)(C)C. The van der Waals surface area contributed by atoms with Crippen LogP contribution < -0.4 is 5.73 Å². The van der Waals surface area contributed by atoms with Gasteiger partial charge in [-0.3, -0.25) is 0 Å². The number of thioether (sulfide) groups is 1. The van der Waals surface area contributed by atoms with Crippen LogP contribution in [0.2, 0.25) is 11.6 Å². The number of fused-ring (bicyclic) bond motifs is 1. The number of nitrogens with zero attached hydrogens (tertiary/aromatic N) is 2. The molecule has 2 heterocycles. The molecule has 1 saturated heterocycles. The summed E-state index contributed by atoms with van der Waals surface area (Å²) in [5, 5.41) is 12.4. The minimum absolute atomic E-state index is 0. The lowest BCUT2D eigenvalue weighted by Crippen LogP contribution is -2.46. The second-order valence-corrected chi connectivity index (χ2v) is 15.7. The first-order valence-corrected chi connectivity index (χ1v) is 14.4. The largest absolute Gasteiger partial charge is 0.546 e. The normalized spacial score (nSPS) is 19.0. The first-order valence-electron chi connectivity index (χ1n) is 11.4. The Morgan fingerprint density at radius 1 is 1.21 bits per heavy atom. The second-order valence-electron chi connectivity index (χ2n) is 11.0. The Labute approximate surface area is 210 Å². The lowest BCUT2D eigenvalue weighted by molar-refractivity contribution is 0.0207. The topological polar surface area (TPSA) is 97.4 Å². The fourth-order valence-corrected chi connectivity index (χ4v) is 6.02. The molecule has 9 heteroatoms. The summed E-state index contributed by atoms with van der Waals surface area (Å²) in [6.45, 7) is 15.8. The summed E-state index contributed by atoms with van der Waals surface area (Å²) >= 11 is 1.81. The minimum Gasteiger partial charge on any atom is -0.546 e. The zero-order valence-corrected chi connectivity index (χ0v) is 22.7. The van der Waals surface area contributed by atoms with Crippen LogP contribution in [0.4, 0.5) is 4.79 Å². The van der Waals surface area contributed by atoms with Crippen LogP contribution in [0, 0.1) is 0 Å². The summed E-state index contributed by atoms with van der Waals surface area (Å²) in [6, 6.07) is 5.84. The molecule has 1 aromatic rings. The average Bonchev–Trinajstić information content (AvgIpc) is 2.71. The van der Waals surface area contributed by atoms with Crippen molar-refractivity contribution in [1.82, 2.24) is 4.90 Å². The van der Waals surface area contributed by atoms with E-state index < -0.39 is 14.6 Å². The lowest BCUT2D eigenvalue weighted by Gasteiger charge is -2.43. The molecule has 1 atom stereocenters. The van der Waals surface area contributed by atoms with E-state index in [0.717, 1.165) is 29.1 Å². The number of benzene rings is 1. The summed E-state index contributed by atoms with van der Waals surface area (Å²) in [7, 11) is -1.57. The van der Waals surface area contributed by atoms with Gasteiger partial charge in [0.25, 0.3) is 0 Å². The smallest absolute Gasteiger partial charge is 0.410 e. The highest BCUT2D eigenvalue weighted by Crippen LogP contribution is 2.50. The predicted octanol–water partition coefficient (Wildman–Crippen LogP) is 5.80. The summed E-state index contributed by atoms with van der Waals surface area (Å²) in [5.41, 5.74) is 6.99. The number of amides is 1. The number of ether oxygens (including phenoxy) is 1. The van der Waals surface area contributed by atoms with Gasteiger partial charge in [-0.15, -0.1) is 11.8 Å². The molecule has 1 unspecified atom stereocenters. The highest BCUT2D eigenvalue weighted by Gasteiger charge is 2.41. The van der Waals surface area contributed by atoms with E-state index in [2.05, 4.69) is 38.5 Å². The number of carbonyl (C=O) groups is 1. The second kappa shape index (κ2) is 10.2. The third-order valence-electron chi connectivity index (χ3n) is 6.14. The Morgan fingerprint density at radius 3 is 2.35 bits per heavy atom. The minimum atomic E-state index is -1.57. The van der Waals surface area contributed by atoms with E-state index in [1.165, 1.54) is 0 Å². The highest BCUT2D eigenvalue weighted by molar-refractivity contribution is 8.01. The number of amidine groups is 1. The third-order valence-corrected chi connectivity index (χ3v) is 10.7. The fourth-order valence-electron chi connectivity index (χ4n) is 3.70. The van der Waals surface area contributed by atoms with Gasteiger partial charge in [-0.05, 0) is 63.4 Å². The number of oxime groups is 1. The van der Waals surface area contributed by atoms with Gasteiger partial charge in [0.2, 0.25) is 9.04 Å². The van der Waals surface area contributed by atoms with Crippen molar-refractivity contribution in [2.45, 2.75) is 88.6 Å². The maximum Gasteiger partial charge on any atom is 0.410 e.